The fourth-order valence-corrected chi connectivity index (χ4v) is 17.8. The minimum Gasteiger partial charge on any atom is -0.357 e. The molecule has 5 heterocycles. The van der Waals surface area contributed by atoms with E-state index in [1.807, 2.05) is 75.8 Å². The van der Waals surface area contributed by atoms with Gasteiger partial charge in [0.05, 0.1) is 36.2 Å². The maximum Gasteiger partial charge on any atom is 0.193 e. The van der Waals surface area contributed by atoms with Gasteiger partial charge in [-0.25, -0.2) is 0 Å². The van der Waals surface area contributed by atoms with Crippen LogP contribution in [-0.4, -0.2) is 5.78 Å². The molecule has 0 fully saturated rings. The molecule has 0 radical (unpaired) electrons. The Morgan fingerprint density at radius 1 is 0.569 bits per heavy atom. The number of allylic oxidation sites excluding steroid dienone is 4. The lowest BCUT2D eigenvalue weighted by atomic mass is 9.65. The molecule has 0 spiro atoms. The molecule has 7 heteroatoms. The Hall–Kier alpha value is -7.18. The fraction of sp³-hybridized carbons (Fsp3) is 0.138. The Balaban J connectivity index is 1.03. The van der Waals surface area contributed by atoms with Gasteiger partial charge < -0.3 is 5.32 Å². The molecule has 10 aromatic rings. The first-order valence-electron chi connectivity index (χ1n) is 24.6. The number of benzene rings is 6. The summed E-state index contributed by atoms with van der Waals surface area (Å²) in [4.78, 5) is 19.4. The highest BCUT2D eigenvalue weighted by Crippen LogP contribution is 2.67. The number of hydrogen-bond acceptors (Lipinski definition) is 7. The number of carbonyl (C=O) groups is 1. The minimum absolute atomic E-state index is 0.0160. The highest BCUT2D eigenvalue weighted by Gasteiger charge is 2.54. The number of fused-ring (bicyclic) bond motifs is 11. The van der Waals surface area contributed by atoms with Gasteiger partial charge in [-0.05, 0) is 127 Å². The minimum atomic E-state index is -0.605. The van der Waals surface area contributed by atoms with Gasteiger partial charge in [-0.15, -0.1) is 45.3 Å². The van der Waals surface area contributed by atoms with Gasteiger partial charge in [0.25, 0.3) is 0 Å². The van der Waals surface area contributed by atoms with E-state index in [1.165, 1.54) is 116 Å². The molecular formula is C65H46N2OS4. The van der Waals surface area contributed by atoms with Crippen LogP contribution < -0.4 is 5.32 Å². The van der Waals surface area contributed by atoms with Crippen LogP contribution in [0, 0.1) is 45.9 Å². The molecule has 3 aliphatic carbocycles. The lowest BCUT2D eigenvalue weighted by Crippen LogP contribution is -2.30. The third-order valence-electron chi connectivity index (χ3n) is 15.7. The zero-order chi connectivity index (χ0) is 48.8. The van der Waals surface area contributed by atoms with Gasteiger partial charge in [-0.3, -0.25) is 4.79 Å². The molecule has 3 nitrogen and oxygen atoms in total. The van der Waals surface area contributed by atoms with Crippen molar-refractivity contribution in [2.24, 2.45) is 0 Å². The molecule has 346 valence electrons. The van der Waals surface area contributed by atoms with Crippen LogP contribution in [0.4, 0.5) is 0 Å². The quantitative estimate of drug-likeness (QED) is 0.122. The van der Waals surface area contributed by atoms with E-state index in [2.05, 4.69) is 173 Å². The number of nitrogens with one attached hydrogen (secondary N) is 1. The van der Waals surface area contributed by atoms with Crippen molar-refractivity contribution in [3.05, 3.63) is 262 Å². The number of Topliss-reactive ketones (excluding diaryl/α,β-unsaturated/α-hetero) is 1. The van der Waals surface area contributed by atoms with Crippen molar-refractivity contribution < 1.29 is 4.79 Å². The van der Waals surface area contributed by atoms with Gasteiger partial charge in [-0.1, -0.05) is 150 Å². The fourth-order valence-electron chi connectivity index (χ4n) is 12.3. The number of nitriles is 1. The molecule has 4 aliphatic rings. The van der Waals surface area contributed by atoms with Crippen molar-refractivity contribution in [3.63, 3.8) is 0 Å². The number of carbonyl (C=O) groups excluding carboxylic acids is 1. The number of aryl methyl sites for hydroxylation is 6. The molecule has 0 amide bonds. The van der Waals surface area contributed by atoms with E-state index in [4.69, 9.17) is 0 Å². The van der Waals surface area contributed by atoms with Crippen LogP contribution in [0.5, 0.6) is 0 Å². The van der Waals surface area contributed by atoms with Crippen LogP contribution in [0.1, 0.15) is 98.9 Å². The lowest BCUT2D eigenvalue weighted by Gasteiger charge is -2.35. The highest BCUT2D eigenvalue weighted by molar-refractivity contribution is 7.39. The van der Waals surface area contributed by atoms with E-state index in [9.17, 15) is 10.1 Å². The first-order chi connectivity index (χ1) is 35.1. The van der Waals surface area contributed by atoms with Crippen molar-refractivity contribution in [2.45, 2.75) is 58.3 Å². The van der Waals surface area contributed by atoms with Crippen LogP contribution in [0.15, 0.2) is 175 Å². The van der Waals surface area contributed by atoms with Crippen LogP contribution in [-0.2, 0) is 17.3 Å². The maximum atomic E-state index is 14.1. The van der Waals surface area contributed by atoms with Gasteiger partial charge in [0.2, 0.25) is 0 Å². The second-order valence-electron chi connectivity index (χ2n) is 20.1. The van der Waals surface area contributed by atoms with E-state index >= 15 is 0 Å². The Labute approximate surface area is 435 Å². The number of rotatable bonds is 8. The van der Waals surface area contributed by atoms with Crippen LogP contribution >= 0.6 is 45.3 Å². The molecule has 4 aromatic heterocycles. The second kappa shape index (κ2) is 15.9. The lowest BCUT2D eigenvalue weighted by molar-refractivity contribution is 0.104. The second-order valence-corrected chi connectivity index (χ2v) is 24.5. The van der Waals surface area contributed by atoms with Crippen LogP contribution in [0.2, 0.25) is 0 Å². The van der Waals surface area contributed by atoms with E-state index < -0.39 is 10.8 Å². The third kappa shape index (κ3) is 6.07. The summed E-state index contributed by atoms with van der Waals surface area (Å²) in [5.74, 6) is -0.0160. The van der Waals surface area contributed by atoms with E-state index in [0.29, 0.717) is 23.1 Å². The third-order valence-corrected chi connectivity index (χ3v) is 20.8. The Morgan fingerprint density at radius 2 is 1.11 bits per heavy atom. The maximum absolute atomic E-state index is 14.1. The molecule has 0 saturated carbocycles. The van der Waals surface area contributed by atoms with Gasteiger partial charge in [0, 0.05) is 52.7 Å². The molecule has 14 rings (SSSR count). The van der Waals surface area contributed by atoms with Crippen molar-refractivity contribution in [2.75, 3.05) is 0 Å². The average Bonchev–Trinajstić information content (AvgIpc) is 3.74. The highest BCUT2D eigenvalue weighted by atomic mass is 32.1. The zero-order valence-electron chi connectivity index (χ0n) is 40.4. The summed E-state index contributed by atoms with van der Waals surface area (Å²) in [6.45, 7) is 11.0. The first-order valence-corrected chi connectivity index (χ1v) is 27.9. The van der Waals surface area contributed by atoms with Crippen molar-refractivity contribution in [3.8, 4) is 27.0 Å². The van der Waals surface area contributed by atoms with E-state index in [-0.39, 0.29) is 5.78 Å². The summed E-state index contributed by atoms with van der Waals surface area (Å²) >= 11 is 7.80. The molecule has 1 N–H and O–H groups in total. The van der Waals surface area contributed by atoms with Crippen molar-refractivity contribution >= 4 is 75.5 Å². The molecule has 72 heavy (non-hydrogen) atoms. The summed E-state index contributed by atoms with van der Waals surface area (Å²) in [5.41, 5.74) is 21.0. The molecule has 0 unspecified atom stereocenters. The van der Waals surface area contributed by atoms with E-state index in [0.717, 1.165) is 23.3 Å². The summed E-state index contributed by atoms with van der Waals surface area (Å²) in [7, 11) is 0. The Kier molecular flexibility index (Phi) is 9.63. The first kappa shape index (κ1) is 43.6. The molecule has 0 atom stereocenters. The Morgan fingerprint density at radius 3 is 1.68 bits per heavy atom. The summed E-state index contributed by atoms with van der Waals surface area (Å²) < 4.78 is 5.60. The average molecular weight is 999 g/mol. The standard InChI is InChI=1S/C65H46N2OS4/c1-35-13-21-40(22-14-35)64(41-23-15-36(2)16-24-41)51-32-49-52(31-48(51)59-53(64)30-44(70-59)9-8-12-47-56(50(33-66)54-34-67-54)45-10-6-7-11-46(45)58(47)68)65(42-25-17-37(3)18-26-42,43-27-19-38(4)20-28-43)57-60(49)72-63-61-55(71-62(57)63)29-39(5)69-61/h6-7,10-32,34,67H,8-9H2,1-5H3/b47-12-,56-50-. The topological polar surface area (TPSA) is 62.8 Å². The summed E-state index contributed by atoms with van der Waals surface area (Å²) in [6.07, 6.45) is 5.32. The van der Waals surface area contributed by atoms with Crippen molar-refractivity contribution in [1.29, 1.82) is 5.26 Å². The predicted molar refractivity (Wildman–Crippen MR) is 302 cm³/mol. The number of hydrogen-bond donors (Lipinski definition) is 1. The molecule has 0 bridgehead atoms. The monoisotopic (exact) mass is 998 g/mol. The summed E-state index contributed by atoms with van der Waals surface area (Å²) in [5, 5.41) is 13.5. The molecule has 0 saturated heterocycles. The molecule has 1 aliphatic heterocycles. The van der Waals surface area contributed by atoms with Gasteiger partial charge in [-0.2, -0.15) is 5.26 Å². The van der Waals surface area contributed by atoms with Gasteiger partial charge in [0.1, 0.15) is 6.07 Å². The van der Waals surface area contributed by atoms with Crippen molar-refractivity contribution in [1.82, 2.24) is 5.32 Å². The van der Waals surface area contributed by atoms with Gasteiger partial charge in [0.15, 0.2) is 5.78 Å². The largest absolute Gasteiger partial charge is 0.357 e. The number of ketones is 1. The number of thiophene rings is 4. The van der Waals surface area contributed by atoms with E-state index in [1.54, 1.807) is 0 Å². The zero-order valence-corrected chi connectivity index (χ0v) is 43.7. The molecule has 6 aromatic carbocycles. The Bertz CT molecular complexity index is 4030. The SMILES string of the molecule is Cc1ccc(C2(c3ccc(C)cc3)c3cc4c(cc3-c3sc(CC/C=C5\C(=O)c6ccccc6\C5=C(/C#N)C5=CN5)cc32)C(c2ccc(C)cc2)(c2ccc(C)cc2)c2c-4sc3c2sc2cc(C)sc23)cc1. The smallest absolute Gasteiger partial charge is 0.193 e. The van der Waals surface area contributed by atoms with Gasteiger partial charge >= 0.3 is 0 Å². The summed E-state index contributed by atoms with van der Waals surface area (Å²) in [6, 6.07) is 57.6. The normalized spacial score (nSPS) is 16.6. The molecular weight excluding hydrogens is 953 g/mol. The van der Waals surface area contributed by atoms with Crippen LogP contribution in [0.25, 0.3) is 45.3 Å². The van der Waals surface area contributed by atoms with Crippen LogP contribution in [0.3, 0.4) is 0 Å². The predicted octanol–water partition coefficient (Wildman–Crippen LogP) is 17.0. The number of nitrogens with zero attached hydrogens (tertiary/aromatic N) is 1.